The zero-order valence-electron chi connectivity index (χ0n) is 22.3. The number of carbonyl (C=O) groups excluding carboxylic acids is 1. The van der Waals surface area contributed by atoms with E-state index in [1.54, 1.807) is 0 Å². The molecule has 0 aliphatic carbocycles. The van der Waals surface area contributed by atoms with E-state index in [4.69, 9.17) is 24.4 Å². The van der Waals surface area contributed by atoms with E-state index < -0.39 is 7.82 Å². The number of aliphatic hydroxyl groups is 1. The minimum absolute atomic E-state index is 0.201. The highest BCUT2D eigenvalue weighted by Gasteiger charge is 2.13. The second kappa shape index (κ2) is 24.2. The first-order chi connectivity index (χ1) is 16.0. The molecule has 0 aliphatic rings. The first kappa shape index (κ1) is 35.7. The van der Waals surface area contributed by atoms with Crippen molar-refractivity contribution in [3.8, 4) is 0 Å². The van der Waals surface area contributed by atoms with E-state index in [2.05, 4.69) is 26.3 Å². The number of hydrogen-bond acceptors (Lipinski definition) is 3. The van der Waals surface area contributed by atoms with Crippen LogP contribution in [0.2, 0.25) is 0 Å². The molecule has 0 aromatic carbocycles. The molecule has 0 saturated carbocycles. The Labute approximate surface area is 209 Å². The van der Waals surface area contributed by atoms with E-state index in [0.717, 1.165) is 37.0 Å². The van der Waals surface area contributed by atoms with Gasteiger partial charge in [-0.25, -0.2) is 4.57 Å². The van der Waals surface area contributed by atoms with Crippen LogP contribution in [-0.2, 0) is 9.36 Å². The summed E-state index contributed by atoms with van der Waals surface area (Å²) in [4.78, 5) is 33.4. The van der Waals surface area contributed by atoms with Crippen LogP contribution in [0.1, 0.15) is 116 Å². The van der Waals surface area contributed by atoms with Crippen LogP contribution in [0.3, 0.4) is 0 Å². The van der Waals surface area contributed by atoms with Crippen LogP contribution < -0.4 is 5.32 Å². The van der Waals surface area contributed by atoms with Crippen molar-refractivity contribution in [2.24, 2.45) is 0 Å². The molecule has 0 fully saturated rings. The van der Waals surface area contributed by atoms with E-state index >= 15 is 0 Å². The molecule has 0 atom stereocenters. The molecule has 0 spiro atoms. The lowest BCUT2D eigenvalue weighted by atomic mass is 10.0. The lowest BCUT2D eigenvalue weighted by Gasteiger charge is -2.28. The molecule has 0 bridgehead atoms. The van der Waals surface area contributed by atoms with Gasteiger partial charge in [0.25, 0.3) is 0 Å². The molecule has 9 heteroatoms. The molecule has 0 aromatic heterocycles. The summed E-state index contributed by atoms with van der Waals surface area (Å²) in [5.41, 5.74) is 0. The van der Waals surface area contributed by atoms with Crippen molar-refractivity contribution in [1.82, 2.24) is 5.32 Å². The monoisotopic (exact) mass is 511 g/mol. The third kappa shape index (κ3) is 36.1. The van der Waals surface area contributed by atoms with Gasteiger partial charge in [0.2, 0.25) is 5.91 Å². The van der Waals surface area contributed by atoms with Crippen molar-refractivity contribution in [3.63, 3.8) is 0 Å². The van der Waals surface area contributed by atoms with E-state index in [0.29, 0.717) is 6.42 Å². The highest BCUT2D eigenvalue weighted by molar-refractivity contribution is 7.45. The molecule has 206 valence electrons. The molecule has 0 unspecified atom stereocenters. The Morgan fingerprint density at radius 3 is 1.47 bits per heavy atom. The van der Waals surface area contributed by atoms with Crippen molar-refractivity contribution in [1.29, 1.82) is 0 Å². The molecule has 0 rings (SSSR count). The third-order valence-electron chi connectivity index (χ3n) is 5.98. The van der Waals surface area contributed by atoms with Crippen molar-refractivity contribution < 1.29 is 33.6 Å². The molecule has 0 heterocycles. The number of nitrogens with zero attached hydrogens (tertiary/aromatic N) is 1. The van der Waals surface area contributed by atoms with Gasteiger partial charge in [0, 0.05) is 19.4 Å². The Balaban J connectivity index is 0. The van der Waals surface area contributed by atoms with Crippen LogP contribution in [0.5, 0.6) is 0 Å². The van der Waals surface area contributed by atoms with Crippen LogP contribution in [0.25, 0.3) is 0 Å². The van der Waals surface area contributed by atoms with Gasteiger partial charge in [-0.1, -0.05) is 96.8 Å². The van der Waals surface area contributed by atoms with Crippen molar-refractivity contribution in [2.45, 2.75) is 116 Å². The van der Waals surface area contributed by atoms with Gasteiger partial charge in [-0.3, -0.25) is 4.79 Å². The van der Waals surface area contributed by atoms with Crippen LogP contribution in [0.4, 0.5) is 0 Å². The molecule has 0 aromatic rings. The molecule has 1 amide bonds. The summed E-state index contributed by atoms with van der Waals surface area (Å²) < 4.78 is 9.69. The molecular formula is C25H56N2O6P+. The Bertz CT molecular complexity index is 492. The summed E-state index contributed by atoms with van der Waals surface area (Å²) in [6.45, 7) is 5.01. The summed E-state index contributed by atoms with van der Waals surface area (Å²) in [6.07, 6.45) is 22.0. The molecule has 0 radical (unpaired) electrons. The second-order valence-electron chi connectivity index (χ2n) is 10.0. The molecule has 8 nitrogen and oxygen atoms in total. The summed E-state index contributed by atoms with van der Waals surface area (Å²) in [5.74, 6) is 0.201. The van der Waals surface area contributed by atoms with Crippen molar-refractivity contribution >= 4 is 13.7 Å². The number of rotatable bonds is 22. The number of carbonyl (C=O) groups is 1. The van der Waals surface area contributed by atoms with Crippen molar-refractivity contribution in [2.75, 3.05) is 40.3 Å². The van der Waals surface area contributed by atoms with Gasteiger partial charge >= 0.3 is 7.82 Å². The van der Waals surface area contributed by atoms with E-state index in [-0.39, 0.29) is 12.5 Å². The van der Waals surface area contributed by atoms with Crippen molar-refractivity contribution in [3.05, 3.63) is 0 Å². The van der Waals surface area contributed by atoms with Crippen LogP contribution in [0.15, 0.2) is 0 Å². The van der Waals surface area contributed by atoms with Crippen LogP contribution in [0, 0.1) is 0 Å². The number of unbranched alkanes of at least 4 members (excludes halogenated alkanes) is 14. The molecule has 0 saturated heterocycles. The number of amides is 1. The zero-order valence-corrected chi connectivity index (χ0v) is 23.2. The summed E-state index contributed by atoms with van der Waals surface area (Å²) in [5, 5.41) is 12.1. The van der Waals surface area contributed by atoms with Gasteiger partial charge < -0.3 is 29.6 Å². The predicted octanol–water partition coefficient (Wildman–Crippen LogP) is 4.89. The lowest BCUT2D eigenvalue weighted by molar-refractivity contribution is -0.890. The van der Waals surface area contributed by atoms with Gasteiger partial charge in [0.05, 0.1) is 27.2 Å². The fraction of sp³-hybridized carbons (Fsp3) is 0.960. The third-order valence-corrected chi connectivity index (χ3v) is 5.98. The summed E-state index contributed by atoms with van der Waals surface area (Å²) in [7, 11) is -0.401. The molecule has 34 heavy (non-hydrogen) atoms. The van der Waals surface area contributed by atoms with Gasteiger partial charge in [0.1, 0.15) is 6.54 Å². The molecular weight excluding hydrogens is 455 g/mol. The van der Waals surface area contributed by atoms with E-state index in [1.165, 1.54) is 89.9 Å². The number of quaternary nitrogens is 1. The highest BCUT2D eigenvalue weighted by atomic mass is 31.2. The fourth-order valence-electron chi connectivity index (χ4n) is 3.86. The average Bonchev–Trinajstić information content (AvgIpc) is 2.73. The SMILES string of the molecule is CCCCCCCCCCCCCCCCCC(=O)NCCC[N+](C)(C)CCO.O=P(O)(O)O. The van der Waals surface area contributed by atoms with Gasteiger partial charge in [-0.15, -0.1) is 0 Å². The zero-order chi connectivity index (χ0) is 26.1. The maximum Gasteiger partial charge on any atom is 0.466 e. The molecule has 5 N–H and O–H groups in total. The van der Waals surface area contributed by atoms with Crippen LogP contribution >= 0.6 is 7.82 Å². The fourth-order valence-corrected chi connectivity index (χ4v) is 3.86. The van der Waals surface area contributed by atoms with E-state index in [9.17, 15) is 4.79 Å². The highest BCUT2D eigenvalue weighted by Crippen LogP contribution is 2.25. The number of aliphatic hydroxyl groups excluding tert-OH is 1. The average molecular weight is 512 g/mol. The molecule has 0 aliphatic heterocycles. The maximum atomic E-state index is 11.9. The maximum absolute atomic E-state index is 11.9. The van der Waals surface area contributed by atoms with Gasteiger partial charge in [0.15, 0.2) is 0 Å². The number of nitrogens with one attached hydrogen (secondary N) is 1. The summed E-state index contributed by atoms with van der Waals surface area (Å²) >= 11 is 0. The number of likely N-dealkylation sites (N-methyl/N-ethyl adjacent to an activating group) is 1. The van der Waals surface area contributed by atoms with Gasteiger partial charge in [-0.05, 0) is 6.42 Å². The van der Waals surface area contributed by atoms with Crippen LogP contribution in [-0.4, -0.2) is 70.5 Å². The Hall–Kier alpha value is -0.500. The first-order valence-corrected chi connectivity index (χ1v) is 15.1. The first-order valence-electron chi connectivity index (χ1n) is 13.5. The Kier molecular flexibility index (Phi) is 25.4. The topological polar surface area (TPSA) is 127 Å². The summed E-state index contributed by atoms with van der Waals surface area (Å²) in [6, 6.07) is 0. The standard InChI is InChI=1S/C25H52N2O2.H3O4P/c1-4-5-6-7-8-9-10-11-12-13-14-15-16-17-18-20-25(29)26-21-19-22-27(2,3)23-24-28;1-5(2,3)4/h28H,4-24H2,1-3H3;(H3,1,2,3,4)/p+1. The minimum atomic E-state index is -4.64. The Morgan fingerprint density at radius 1 is 0.706 bits per heavy atom. The normalized spacial score (nSPS) is 11.7. The Morgan fingerprint density at radius 2 is 1.09 bits per heavy atom. The quantitative estimate of drug-likeness (QED) is 0.0800. The smallest absolute Gasteiger partial charge is 0.391 e. The predicted molar refractivity (Wildman–Crippen MR) is 140 cm³/mol. The largest absolute Gasteiger partial charge is 0.466 e. The second-order valence-corrected chi connectivity index (χ2v) is 11.0. The minimum Gasteiger partial charge on any atom is -0.391 e. The van der Waals surface area contributed by atoms with E-state index in [1.807, 2.05) is 0 Å². The lowest BCUT2D eigenvalue weighted by Crippen LogP contribution is -2.43. The number of phosphoric acid groups is 1. The van der Waals surface area contributed by atoms with Gasteiger partial charge in [-0.2, -0.15) is 0 Å². The number of hydrogen-bond donors (Lipinski definition) is 5.